The maximum absolute atomic E-state index is 12.7. The summed E-state index contributed by atoms with van der Waals surface area (Å²) in [6, 6.07) is 12.7. The van der Waals surface area contributed by atoms with Crippen molar-refractivity contribution in [1.82, 2.24) is 0 Å². The maximum Gasteiger partial charge on any atom is 0.347 e. The molecule has 2 fully saturated rings. The number of carbonyl (C=O) groups is 1. The number of esters is 1. The molecule has 0 amide bonds. The minimum absolute atomic E-state index is 0.0549. The van der Waals surface area contributed by atoms with E-state index in [9.17, 15) is 9.90 Å². The van der Waals surface area contributed by atoms with Crippen molar-refractivity contribution in [1.29, 1.82) is 0 Å². The van der Waals surface area contributed by atoms with Gasteiger partial charge in [-0.05, 0) is 115 Å². The lowest BCUT2D eigenvalue weighted by Crippen LogP contribution is -2.47. The number of aliphatic hydroxyl groups is 1. The van der Waals surface area contributed by atoms with E-state index in [2.05, 4.69) is 37.9 Å². The van der Waals surface area contributed by atoms with Crippen LogP contribution in [-0.2, 0) is 28.5 Å². The van der Waals surface area contributed by atoms with E-state index >= 15 is 0 Å². The number of hydrogen-bond acceptors (Lipinski definition) is 12. The molecule has 64 heavy (non-hydrogen) atoms. The summed E-state index contributed by atoms with van der Waals surface area (Å²) in [6.45, 7) is 15.3. The molecule has 4 rings (SSSR count). The summed E-state index contributed by atoms with van der Waals surface area (Å²) in [7, 11) is 0. The summed E-state index contributed by atoms with van der Waals surface area (Å²) in [5, 5.41) is 20.8. The van der Waals surface area contributed by atoms with E-state index in [4.69, 9.17) is 37.9 Å². The quantitative estimate of drug-likeness (QED) is 0.0429. The van der Waals surface area contributed by atoms with Crippen molar-refractivity contribution >= 4 is 17.3 Å². The number of nitrogens with zero attached hydrogens (tertiary/aromatic N) is 2. The SMILES string of the molecule is CCCCCCCCCC(Oc1ccc(OC(C)C(=O)OCCCC)cc1N=Nc1ccc(OCC)cc1)C1OC(CC)CC(CC(O)CC2CC(C)OC(CCCCCCC)O2)O1. The van der Waals surface area contributed by atoms with Crippen LogP contribution in [0.5, 0.6) is 17.2 Å². The molecule has 1 N–H and O–H groups in total. The first-order valence-corrected chi connectivity index (χ1v) is 25.2. The van der Waals surface area contributed by atoms with Gasteiger partial charge in [0.1, 0.15) is 29.0 Å². The molecule has 2 aliphatic rings. The van der Waals surface area contributed by atoms with Gasteiger partial charge in [-0.15, -0.1) is 5.11 Å². The molecule has 0 aliphatic carbocycles. The third kappa shape index (κ3) is 20.1. The zero-order valence-corrected chi connectivity index (χ0v) is 40.5. The van der Waals surface area contributed by atoms with Crippen LogP contribution in [0.15, 0.2) is 52.7 Å². The maximum atomic E-state index is 12.7. The van der Waals surface area contributed by atoms with Crippen molar-refractivity contribution in [3.05, 3.63) is 42.5 Å². The second-order valence-corrected chi connectivity index (χ2v) is 17.8. The Balaban J connectivity index is 1.53. The van der Waals surface area contributed by atoms with Gasteiger partial charge in [0.05, 0.1) is 49.4 Å². The standard InChI is InChI=1S/C52H84N2O10/c1-8-13-16-18-19-21-22-24-49(52-62-42(11-4)36-46(63-52)35-41(55)34-45-33-38(6)59-50(61-45)25-23-20-17-14-9-2)64-48-31-30-44(60-39(7)51(56)58-32-15-10-3)37-47(48)54-53-40-26-28-43(29-27-40)57-12-5/h26-31,37-39,41-42,45-46,49-50,52,55H,8-25,32-36H2,1-7H3. The zero-order chi connectivity index (χ0) is 45.9. The molecule has 0 bridgehead atoms. The molecule has 9 unspecified atom stereocenters. The lowest BCUT2D eigenvalue weighted by atomic mass is 9.96. The lowest BCUT2D eigenvalue weighted by molar-refractivity contribution is -0.277. The van der Waals surface area contributed by atoms with E-state index in [1.54, 1.807) is 19.1 Å². The van der Waals surface area contributed by atoms with Crippen molar-refractivity contribution in [2.75, 3.05) is 13.2 Å². The van der Waals surface area contributed by atoms with Crippen molar-refractivity contribution in [2.45, 2.75) is 239 Å². The van der Waals surface area contributed by atoms with E-state index in [-0.39, 0.29) is 30.7 Å². The smallest absolute Gasteiger partial charge is 0.347 e. The molecule has 0 radical (unpaired) electrons. The fraction of sp³-hybridized carbons (Fsp3) is 0.750. The highest BCUT2D eigenvalue weighted by atomic mass is 16.7. The topological polar surface area (TPSA) is 136 Å². The number of rotatable bonds is 32. The van der Waals surface area contributed by atoms with Gasteiger partial charge < -0.3 is 43.0 Å². The molecule has 362 valence electrons. The molecule has 12 nitrogen and oxygen atoms in total. The summed E-state index contributed by atoms with van der Waals surface area (Å²) in [5.41, 5.74) is 1.07. The Bertz CT molecular complexity index is 1580. The van der Waals surface area contributed by atoms with Gasteiger partial charge >= 0.3 is 5.97 Å². The molecule has 2 heterocycles. The summed E-state index contributed by atoms with van der Waals surface area (Å²) < 4.78 is 50.0. The summed E-state index contributed by atoms with van der Waals surface area (Å²) in [6.07, 6.45) is 17.6. The van der Waals surface area contributed by atoms with Gasteiger partial charge in [0.15, 0.2) is 18.7 Å². The summed E-state index contributed by atoms with van der Waals surface area (Å²) >= 11 is 0. The monoisotopic (exact) mass is 897 g/mol. The van der Waals surface area contributed by atoms with E-state index in [0.717, 1.165) is 63.5 Å². The molecule has 0 saturated carbocycles. The Morgan fingerprint density at radius 1 is 0.719 bits per heavy atom. The third-order valence-corrected chi connectivity index (χ3v) is 12.0. The van der Waals surface area contributed by atoms with Gasteiger partial charge in [0.2, 0.25) is 0 Å². The number of aliphatic hydroxyl groups excluding tert-OH is 1. The molecule has 2 aromatic rings. The second kappa shape index (κ2) is 30.8. The van der Waals surface area contributed by atoms with Crippen molar-refractivity contribution in [2.24, 2.45) is 10.2 Å². The predicted octanol–water partition coefficient (Wildman–Crippen LogP) is 13.4. The van der Waals surface area contributed by atoms with Crippen molar-refractivity contribution in [3.8, 4) is 17.2 Å². The van der Waals surface area contributed by atoms with Crippen LogP contribution in [0.4, 0.5) is 11.4 Å². The van der Waals surface area contributed by atoms with Crippen molar-refractivity contribution in [3.63, 3.8) is 0 Å². The molecular weight excluding hydrogens is 813 g/mol. The fourth-order valence-electron chi connectivity index (χ4n) is 8.34. The molecule has 2 aliphatic heterocycles. The van der Waals surface area contributed by atoms with Crippen LogP contribution in [0.3, 0.4) is 0 Å². The number of ether oxygens (including phenoxy) is 8. The van der Waals surface area contributed by atoms with Crippen LogP contribution < -0.4 is 14.2 Å². The Kier molecular flexibility index (Phi) is 25.7. The average Bonchev–Trinajstić information content (AvgIpc) is 3.28. The number of unbranched alkanes of at least 4 members (excludes halogenated alkanes) is 11. The van der Waals surface area contributed by atoms with Gasteiger partial charge in [-0.3, -0.25) is 0 Å². The molecule has 2 saturated heterocycles. The molecule has 12 heteroatoms. The molecule has 0 spiro atoms. The van der Waals surface area contributed by atoms with Crippen LogP contribution in [0.1, 0.15) is 183 Å². The van der Waals surface area contributed by atoms with Crippen LogP contribution in [0, 0.1) is 0 Å². The first kappa shape index (κ1) is 53.3. The second-order valence-electron chi connectivity index (χ2n) is 17.8. The van der Waals surface area contributed by atoms with E-state index in [1.165, 1.54) is 51.4 Å². The van der Waals surface area contributed by atoms with Gasteiger partial charge in [-0.2, -0.15) is 5.11 Å². The van der Waals surface area contributed by atoms with Crippen LogP contribution in [0.25, 0.3) is 0 Å². The third-order valence-electron chi connectivity index (χ3n) is 12.0. The lowest BCUT2D eigenvalue weighted by Gasteiger charge is -2.40. The van der Waals surface area contributed by atoms with Gasteiger partial charge in [0.25, 0.3) is 0 Å². The largest absolute Gasteiger partial charge is 0.494 e. The van der Waals surface area contributed by atoms with E-state index in [0.29, 0.717) is 61.8 Å². The Labute approximate surface area is 385 Å². The number of benzene rings is 2. The average molecular weight is 897 g/mol. The minimum Gasteiger partial charge on any atom is -0.494 e. The molecule has 2 aromatic carbocycles. The van der Waals surface area contributed by atoms with Gasteiger partial charge in [-0.1, -0.05) is 98.3 Å². The van der Waals surface area contributed by atoms with E-state index in [1.807, 2.05) is 44.2 Å². The highest BCUT2D eigenvalue weighted by Gasteiger charge is 2.38. The summed E-state index contributed by atoms with van der Waals surface area (Å²) in [5.74, 6) is 1.25. The normalized spacial score (nSPS) is 22.8. The van der Waals surface area contributed by atoms with Gasteiger partial charge in [-0.25, -0.2) is 4.79 Å². The minimum atomic E-state index is -0.824. The molecule has 0 aromatic heterocycles. The van der Waals surface area contributed by atoms with Crippen LogP contribution >= 0.6 is 0 Å². The Morgan fingerprint density at radius 2 is 1.36 bits per heavy atom. The van der Waals surface area contributed by atoms with Crippen LogP contribution in [-0.4, -0.2) is 79.6 Å². The first-order valence-electron chi connectivity index (χ1n) is 25.2. The van der Waals surface area contributed by atoms with Gasteiger partial charge in [0, 0.05) is 12.5 Å². The molecule has 9 atom stereocenters. The molecular formula is C52H84N2O10. The highest BCUT2D eigenvalue weighted by molar-refractivity contribution is 5.74. The number of carbonyl (C=O) groups excluding carboxylic acids is 1. The number of azo groups is 1. The van der Waals surface area contributed by atoms with E-state index < -0.39 is 30.6 Å². The van der Waals surface area contributed by atoms with Crippen molar-refractivity contribution < 1.29 is 47.8 Å². The van der Waals surface area contributed by atoms with Crippen LogP contribution in [0.2, 0.25) is 0 Å². The Hall–Kier alpha value is -3.29. The Morgan fingerprint density at radius 3 is 2.05 bits per heavy atom. The summed E-state index contributed by atoms with van der Waals surface area (Å²) in [4.78, 5) is 12.7. The predicted molar refractivity (Wildman–Crippen MR) is 252 cm³/mol. The number of hydrogen-bond donors (Lipinski definition) is 1. The first-order chi connectivity index (χ1) is 31.1. The highest BCUT2D eigenvalue weighted by Crippen LogP contribution is 2.38. The fourth-order valence-corrected chi connectivity index (χ4v) is 8.34. The zero-order valence-electron chi connectivity index (χ0n) is 40.5.